The summed E-state index contributed by atoms with van der Waals surface area (Å²) < 4.78 is 21.6. The quantitative estimate of drug-likeness (QED) is 0.108. The molecule has 0 heterocycles. The van der Waals surface area contributed by atoms with Gasteiger partial charge < -0.3 is 18.9 Å². The first-order valence-electron chi connectivity index (χ1n) is 16.2. The molecule has 8 heteroatoms. The predicted molar refractivity (Wildman–Crippen MR) is 181 cm³/mol. The van der Waals surface area contributed by atoms with Crippen molar-refractivity contribution in [1.82, 2.24) is 0 Å². The third-order valence-electron chi connectivity index (χ3n) is 8.54. The highest BCUT2D eigenvalue weighted by molar-refractivity contribution is 6.15. The topological polar surface area (TPSA) is 105 Å². The van der Waals surface area contributed by atoms with Crippen LogP contribution < -0.4 is 0 Å². The monoisotopic (exact) mass is 646 g/mol. The van der Waals surface area contributed by atoms with Crippen molar-refractivity contribution < 1.29 is 38.1 Å². The van der Waals surface area contributed by atoms with E-state index in [0.717, 1.165) is 33.4 Å². The fourth-order valence-electron chi connectivity index (χ4n) is 6.33. The first-order valence-corrected chi connectivity index (χ1v) is 16.2. The van der Waals surface area contributed by atoms with Gasteiger partial charge in [-0.05, 0) is 73.2 Å². The Labute approximate surface area is 280 Å². The molecule has 246 valence electrons. The summed E-state index contributed by atoms with van der Waals surface area (Å²) in [6.07, 6.45) is 3.68. The second-order valence-electron chi connectivity index (χ2n) is 11.4. The lowest BCUT2D eigenvalue weighted by atomic mass is 9.80. The van der Waals surface area contributed by atoms with E-state index in [-0.39, 0.29) is 39.3 Å². The number of benzene rings is 3. The molecule has 0 aromatic heterocycles. The third kappa shape index (κ3) is 6.04. The molecule has 0 radical (unpaired) electrons. The number of carbonyl (C=O) groups excluding carboxylic acids is 4. The van der Waals surface area contributed by atoms with Gasteiger partial charge in [0.25, 0.3) is 0 Å². The van der Waals surface area contributed by atoms with Crippen molar-refractivity contribution in [3.05, 3.63) is 118 Å². The summed E-state index contributed by atoms with van der Waals surface area (Å²) in [5.41, 5.74) is 8.64. The Morgan fingerprint density at radius 3 is 1.17 bits per heavy atom. The molecule has 0 unspecified atom stereocenters. The molecular formula is C40H38O8. The highest BCUT2D eigenvalue weighted by Crippen LogP contribution is 2.49. The van der Waals surface area contributed by atoms with Gasteiger partial charge in [0.1, 0.15) is 0 Å². The summed E-state index contributed by atoms with van der Waals surface area (Å²) in [7, 11) is 0. The largest absolute Gasteiger partial charge is 0.465 e. The van der Waals surface area contributed by atoms with Gasteiger partial charge in [-0.3, -0.25) is 19.2 Å². The van der Waals surface area contributed by atoms with Crippen LogP contribution in [0.4, 0.5) is 0 Å². The van der Waals surface area contributed by atoms with E-state index >= 15 is 0 Å². The molecule has 0 fully saturated rings. The minimum absolute atomic E-state index is 0.116. The van der Waals surface area contributed by atoms with Gasteiger partial charge in [-0.2, -0.15) is 0 Å². The van der Waals surface area contributed by atoms with Crippen LogP contribution in [0.5, 0.6) is 0 Å². The summed E-state index contributed by atoms with van der Waals surface area (Å²) in [5.74, 6) is -2.67. The van der Waals surface area contributed by atoms with Gasteiger partial charge in [-0.25, -0.2) is 0 Å². The summed E-state index contributed by atoms with van der Waals surface area (Å²) >= 11 is 0. The third-order valence-corrected chi connectivity index (χ3v) is 8.54. The van der Waals surface area contributed by atoms with Crippen molar-refractivity contribution in [2.45, 2.75) is 40.5 Å². The molecular weight excluding hydrogens is 608 g/mol. The molecule has 0 atom stereocenters. The van der Waals surface area contributed by atoms with Crippen molar-refractivity contribution >= 4 is 47.2 Å². The van der Waals surface area contributed by atoms with Crippen LogP contribution in [0.2, 0.25) is 0 Å². The Bertz CT molecular complexity index is 1690. The second-order valence-corrected chi connectivity index (χ2v) is 11.4. The number of carbonyl (C=O) groups is 4. The zero-order chi connectivity index (χ0) is 34.3. The van der Waals surface area contributed by atoms with Crippen molar-refractivity contribution in [2.24, 2.45) is 10.8 Å². The number of rotatable bonds is 10. The van der Waals surface area contributed by atoms with E-state index in [1.165, 1.54) is 0 Å². The van der Waals surface area contributed by atoms with Gasteiger partial charge in [-0.15, -0.1) is 11.5 Å². The fourth-order valence-corrected chi connectivity index (χ4v) is 6.33. The number of hydrogen-bond acceptors (Lipinski definition) is 8. The standard InChI is InChI=1S/C40H38O8/c1-5-45-35(41)39(36(42)46-6-2)25-29-13-9-11-15-31(29)33(39)23-21-27-17-19-28(20-18-27)22-24-34-32-16-12-10-14-30(32)26-40(34,37(43)47-7-3)38(44)48-8-4/h9-22H,5-8,25-26H2,1-4H3. The minimum atomic E-state index is -1.66. The number of ether oxygens (including phenoxy) is 4. The smallest absolute Gasteiger partial charge is 0.329 e. The van der Waals surface area contributed by atoms with Gasteiger partial charge in [0.15, 0.2) is 0 Å². The molecule has 5 rings (SSSR count). The first kappa shape index (κ1) is 33.9. The Hall–Kier alpha value is -5.42. The lowest BCUT2D eigenvalue weighted by Crippen LogP contribution is -2.42. The molecule has 8 nitrogen and oxygen atoms in total. The Morgan fingerprint density at radius 1 is 0.542 bits per heavy atom. The van der Waals surface area contributed by atoms with Gasteiger partial charge in [0.05, 0.1) is 26.4 Å². The van der Waals surface area contributed by atoms with Crippen LogP contribution in [0.3, 0.4) is 0 Å². The van der Waals surface area contributed by atoms with Crippen LogP contribution in [-0.2, 0) is 51.0 Å². The van der Waals surface area contributed by atoms with Crippen molar-refractivity contribution in [3.63, 3.8) is 0 Å². The maximum absolute atomic E-state index is 13.4. The lowest BCUT2D eigenvalue weighted by Gasteiger charge is -2.25. The molecule has 0 amide bonds. The van der Waals surface area contributed by atoms with Crippen LogP contribution in [-0.4, -0.2) is 50.3 Å². The Morgan fingerprint density at radius 2 is 0.854 bits per heavy atom. The van der Waals surface area contributed by atoms with E-state index in [1.54, 1.807) is 39.8 Å². The van der Waals surface area contributed by atoms with Crippen LogP contribution in [0.15, 0.2) is 84.3 Å². The SMILES string of the molecule is CCOC(=O)C1(C(=O)OCC)Cc2ccccc2C1=C=Cc1ccc(C=C=C2c3ccccc3CC2(C(=O)OCC)C(=O)OCC)cc1. The van der Waals surface area contributed by atoms with Crippen LogP contribution in [0.1, 0.15) is 61.1 Å². The zero-order valence-electron chi connectivity index (χ0n) is 27.6. The number of esters is 4. The zero-order valence-corrected chi connectivity index (χ0v) is 27.6. The number of hydrogen-bond donors (Lipinski definition) is 0. The van der Waals surface area contributed by atoms with Gasteiger partial charge in [-0.1, -0.05) is 72.8 Å². The molecule has 48 heavy (non-hydrogen) atoms. The normalized spacial score (nSPS) is 14.8. The molecule has 2 aliphatic carbocycles. The second kappa shape index (κ2) is 14.6. The van der Waals surface area contributed by atoms with Crippen LogP contribution in [0, 0.1) is 10.8 Å². The fraction of sp³-hybridized carbons (Fsp3) is 0.300. The van der Waals surface area contributed by atoms with Crippen molar-refractivity contribution in [2.75, 3.05) is 26.4 Å². The summed E-state index contributed by atoms with van der Waals surface area (Å²) in [4.78, 5) is 53.6. The molecule has 3 aromatic rings. The summed E-state index contributed by atoms with van der Waals surface area (Å²) in [6, 6.07) is 22.3. The van der Waals surface area contributed by atoms with Gasteiger partial charge in [0.2, 0.25) is 10.8 Å². The van der Waals surface area contributed by atoms with E-state index in [4.69, 9.17) is 18.9 Å². The molecule has 0 saturated heterocycles. The Kier molecular flexibility index (Phi) is 10.3. The van der Waals surface area contributed by atoms with Crippen LogP contribution in [0.25, 0.3) is 23.3 Å². The van der Waals surface area contributed by atoms with E-state index in [1.807, 2.05) is 72.8 Å². The van der Waals surface area contributed by atoms with Gasteiger partial charge >= 0.3 is 23.9 Å². The molecule has 3 aromatic carbocycles. The van der Waals surface area contributed by atoms with E-state index in [0.29, 0.717) is 11.1 Å². The van der Waals surface area contributed by atoms with E-state index in [9.17, 15) is 19.2 Å². The van der Waals surface area contributed by atoms with Gasteiger partial charge in [0, 0.05) is 24.0 Å². The van der Waals surface area contributed by atoms with Crippen LogP contribution >= 0.6 is 0 Å². The molecule has 0 spiro atoms. The minimum Gasteiger partial charge on any atom is -0.465 e. The molecule has 2 aliphatic rings. The van der Waals surface area contributed by atoms with E-state index in [2.05, 4.69) is 11.5 Å². The lowest BCUT2D eigenvalue weighted by molar-refractivity contribution is -0.168. The molecule has 0 N–H and O–H groups in total. The maximum Gasteiger partial charge on any atom is 0.329 e. The maximum atomic E-state index is 13.4. The summed E-state index contributed by atoms with van der Waals surface area (Å²) in [6.45, 7) is 7.25. The number of fused-ring (bicyclic) bond motifs is 2. The Balaban J connectivity index is 1.57. The average Bonchev–Trinajstić information content (AvgIpc) is 3.62. The average molecular weight is 647 g/mol. The highest BCUT2D eigenvalue weighted by Gasteiger charge is 2.58. The van der Waals surface area contributed by atoms with Crippen molar-refractivity contribution in [1.29, 1.82) is 0 Å². The molecule has 0 saturated carbocycles. The van der Waals surface area contributed by atoms with E-state index < -0.39 is 34.7 Å². The molecule has 0 bridgehead atoms. The first-order chi connectivity index (χ1) is 23.3. The highest BCUT2D eigenvalue weighted by atomic mass is 16.6. The molecule has 0 aliphatic heterocycles. The predicted octanol–water partition coefficient (Wildman–Crippen LogP) is 6.42. The summed E-state index contributed by atoms with van der Waals surface area (Å²) in [5, 5.41) is 0. The van der Waals surface area contributed by atoms with Crippen molar-refractivity contribution in [3.8, 4) is 0 Å².